The highest BCUT2D eigenvalue weighted by molar-refractivity contribution is 5.89. The van der Waals surface area contributed by atoms with Crippen LogP contribution in [0.3, 0.4) is 0 Å². The first kappa shape index (κ1) is 14.7. The Labute approximate surface area is 140 Å². The summed E-state index contributed by atoms with van der Waals surface area (Å²) in [5, 5.41) is 14.0. The first-order valence-electron chi connectivity index (χ1n) is 7.95. The van der Waals surface area contributed by atoms with Crippen molar-refractivity contribution in [2.45, 2.75) is 20.1 Å². The van der Waals surface area contributed by atoms with Crippen LogP contribution >= 0.6 is 0 Å². The number of rotatable bonds is 4. The summed E-state index contributed by atoms with van der Waals surface area (Å²) in [6.07, 6.45) is 0. The van der Waals surface area contributed by atoms with Crippen LogP contribution in [0, 0.1) is 6.92 Å². The van der Waals surface area contributed by atoms with Crippen molar-refractivity contribution in [3.05, 3.63) is 77.6 Å². The number of fused-ring (bicyclic) bond motifs is 1. The maximum atomic E-state index is 9.20. The fraction of sp³-hybridized carbons (Fsp3) is 0.150. The lowest BCUT2D eigenvalue weighted by Crippen LogP contribution is -2.01. The third-order valence-electron chi connectivity index (χ3n) is 4.13. The number of aliphatic hydroxyl groups is 1. The Kier molecular flexibility index (Phi) is 3.67. The molecule has 0 aliphatic heterocycles. The van der Waals surface area contributed by atoms with Crippen molar-refractivity contribution >= 4 is 11.1 Å². The van der Waals surface area contributed by atoms with Crippen molar-refractivity contribution in [1.82, 2.24) is 9.78 Å². The first-order valence-corrected chi connectivity index (χ1v) is 7.95. The molecule has 0 fully saturated rings. The van der Waals surface area contributed by atoms with Crippen LogP contribution in [-0.4, -0.2) is 14.9 Å². The van der Waals surface area contributed by atoms with Gasteiger partial charge in [0.05, 0.1) is 13.2 Å². The van der Waals surface area contributed by atoms with Gasteiger partial charge in [-0.2, -0.15) is 5.10 Å². The molecule has 0 unspecified atom stereocenters. The second-order valence-electron chi connectivity index (χ2n) is 5.92. The minimum atomic E-state index is 0.0397. The van der Waals surface area contributed by atoms with E-state index in [2.05, 4.69) is 12.1 Å². The maximum Gasteiger partial charge on any atom is 0.180 e. The molecular weight excluding hydrogens is 300 g/mol. The Morgan fingerprint density at radius 3 is 2.46 bits per heavy atom. The van der Waals surface area contributed by atoms with Crippen LogP contribution in [0.4, 0.5) is 0 Å². The van der Waals surface area contributed by atoms with Gasteiger partial charge in [0.2, 0.25) is 0 Å². The van der Waals surface area contributed by atoms with Crippen molar-refractivity contribution in [1.29, 1.82) is 0 Å². The van der Waals surface area contributed by atoms with Crippen LogP contribution in [0.1, 0.15) is 16.9 Å². The molecule has 0 amide bonds. The molecule has 0 aliphatic rings. The average Bonchev–Trinajstić information content (AvgIpc) is 3.14. The van der Waals surface area contributed by atoms with E-state index in [1.807, 2.05) is 60.1 Å². The highest BCUT2D eigenvalue weighted by Crippen LogP contribution is 2.31. The smallest absolute Gasteiger partial charge is 0.180 e. The number of furan rings is 1. The fourth-order valence-electron chi connectivity index (χ4n) is 2.92. The van der Waals surface area contributed by atoms with Crippen molar-refractivity contribution < 1.29 is 9.52 Å². The Morgan fingerprint density at radius 2 is 1.75 bits per heavy atom. The molecule has 0 radical (unpaired) electrons. The second-order valence-corrected chi connectivity index (χ2v) is 5.92. The predicted octanol–water partition coefficient (Wildman–Crippen LogP) is 4.15. The number of hydrogen-bond acceptors (Lipinski definition) is 3. The molecule has 0 bridgehead atoms. The summed E-state index contributed by atoms with van der Waals surface area (Å²) < 4.78 is 7.88. The highest BCUT2D eigenvalue weighted by Gasteiger charge is 2.17. The van der Waals surface area contributed by atoms with E-state index >= 15 is 0 Å². The molecule has 2 aromatic carbocycles. The molecule has 1 N–H and O–H groups in total. The third-order valence-corrected chi connectivity index (χ3v) is 4.13. The summed E-state index contributed by atoms with van der Waals surface area (Å²) >= 11 is 0. The Balaban J connectivity index is 1.81. The summed E-state index contributed by atoms with van der Waals surface area (Å²) in [6.45, 7) is 2.69. The summed E-state index contributed by atoms with van der Waals surface area (Å²) in [5.74, 6) is 0.873. The largest absolute Gasteiger partial charge is 0.457 e. The van der Waals surface area contributed by atoms with E-state index in [1.54, 1.807) is 0 Å². The lowest BCUT2D eigenvalue weighted by atomic mass is 10.1. The molecular formula is C20H18N2O2. The zero-order valence-electron chi connectivity index (χ0n) is 13.4. The molecule has 0 aliphatic carbocycles. The minimum Gasteiger partial charge on any atom is -0.457 e. The molecule has 4 rings (SSSR count). The molecule has 4 aromatic rings. The van der Waals surface area contributed by atoms with Gasteiger partial charge in [0.25, 0.3) is 0 Å². The molecule has 120 valence electrons. The van der Waals surface area contributed by atoms with Gasteiger partial charge in [-0.05, 0) is 18.1 Å². The molecule has 4 nitrogen and oxygen atoms in total. The van der Waals surface area contributed by atoms with Crippen LogP contribution < -0.4 is 0 Å². The summed E-state index contributed by atoms with van der Waals surface area (Å²) in [6, 6.07) is 20.0. The zero-order valence-corrected chi connectivity index (χ0v) is 13.4. The molecule has 2 heterocycles. The van der Waals surface area contributed by atoms with E-state index < -0.39 is 0 Å². The molecule has 0 atom stereocenters. The van der Waals surface area contributed by atoms with Crippen LogP contribution in [0.5, 0.6) is 0 Å². The van der Waals surface area contributed by atoms with Crippen LogP contribution in [0.15, 0.2) is 65.1 Å². The second kappa shape index (κ2) is 5.98. The first-order chi connectivity index (χ1) is 11.7. The standard InChI is InChI=1S/C20H18N2O2/c1-14-11-18-20(24-14)19(17-9-7-16(13-23)8-10-17)21-22(18)12-15-5-3-2-4-6-15/h2-11,23H,12-13H2,1H3. The number of benzene rings is 2. The van der Waals surface area contributed by atoms with Gasteiger partial charge in [0.1, 0.15) is 17.0 Å². The topological polar surface area (TPSA) is 51.2 Å². The fourth-order valence-corrected chi connectivity index (χ4v) is 2.92. The molecule has 4 heteroatoms. The number of aliphatic hydroxyl groups excluding tert-OH is 1. The van der Waals surface area contributed by atoms with Crippen molar-refractivity contribution in [3.63, 3.8) is 0 Å². The van der Waals surface area contributed by atoms with Gasteiger partial charge in [-0.1, -0.05) is 54.6 Å². The Hall–Kier alpha value is -2.85. The molecule has 2 aromatic heterocycles. The van der Waals surface area contributed by atoms with Crippen LogP contribution in [0.25, 0.3) is 22.4 Å². The minimum absolute atomic E-state index is 0.0397. The van der Waals surface area contributed by atoms with E-state index in [-0.39, 0.29) is 6.61 Å². The van der Waals surface area contributed by atoms with Crippen LogP contribution in [0.2, 0.25) is 0 Å². The van der Waals surface area contributed by atoms with Crippen LogP contribution in [-0.2, 0) is 13.2 Å². The number of aryl methyl sites for hydroxylation is 1. The predicted molar refractivity (Wildman–Crippen MR) is 93.6 cm³/mol. The van der Waals surface area contributed by atoms with Gasteiger partial charge in [0, 0.05) is 11.6 Å². The van der Waals surface area contributed by atoms with Crippen molar-refractivity contribution in [2.24, 2.45) is 0 Å². The van der Waals surface area contributed by atoms with Gasteiger partial charge >= 0.3 is 0 Å². The summed E-state index contributed by atoms with van der Waals surface area (Å²) in [7, 11) is 0. The summed E-state index contributed by atoms with van der Waals surface area (Å²) in [5.41, 5.74) is 5.70. The lowest BCUT2D eigenvalue weighted by molar-refractivity contribution is 0.282. The summed E-state index contributed by atoms with van der Waals surface area (Å²) in [4.78, 5) is 0. The van der Waals surface area contributed by atoms with Gasteiger partial charge in [0.15, 0.2) is 5.58 Å². The van der Waals surface area contributed by atoms with Crippen molar-refractivity contribution in [2.75, 3.05) is 0 Å². The van der Waals surface area contributed by atoms with E-state index in [4.69, 9.17) is 9.52 Å². The molecule has 24 heavy (non-hydrogen) atoms. The monoisotopic (exact) mass is 318 g/mol. The average molecular weight is 318 g/mol. The number of nitrogens with zero attached hydrogens (tertiary/aromatic N) is 2. The van der Waals surface area contributed by atoms with Gasteiger partial charge in [-0.15, -0.1) is 0 Å². The number of aromatic nitrogens is 2. The SMILES string of the molecule is Cc1cc2c(o1)c(-c1ccc(CO)cc1)nn2Cc1ccccc1. The van der Waals surface area contributed by atoms with Gasteiger partial charge in [-0.3, -0.25) is 4.68 Å². The highest BCUT2D eigenvalue weighted by atomic mass is 16.3. The normalized spacial score (nSPS) is 11.2. The molecule has 0 spiro atoms. The van der Waals surface area contributed by atoms with E-state index in [0.29, 0.717) is 6.54 Å². The van der Waals surface area contributed by atoms with E-state index in [0.717, 1.165) is 33.7 Å². The Bertz CT molecular complexity index is 966. The lowest BCUT2D eigenvalue weighted by Gasteiger charge is -2.03. The molecule has 0 saturated heterocycles. The quantitative estimate of drug-likeness (QED) is 0.615. The molecule has 0 saturated carbocycles. The maximum absolute atomic E-state index is 9.20. The third kappa shape index (κ3) is 2.61. The Morgan fingerprint density at radius 1 is 1.00 bits per heavy atom. The van der Waals surface area contributed by atoms with Crippen molar-refractivity contribution in [3.8, 4) is 11.3 Å². The van der Waals surface area contributed by atoms with E-state index in [9.17, 15) is 5.11 Å². The van der Waals surface area contributed by atoms with E-state index in [1.165, 1.54) is 5.56 Å². The zero-order chi connectivity index (χ0) is 16.5. The van der Waals surface area contributed by atoms with Gasteiger partial charge in [-0.25, -0.2) is 0 Å². The number of hydrogen-bond donors (Lipinski definition) is 1. The van der Waals surface area contributed by atoms with Gasteiger partial charge < -0.3 is 9.52 Å².